The average molecular weight is 313 g/mol. The Balaban J connectivity index is 2.22. The molecule has 3 rings (SSSR count). The van der Waals surface area contributed by atoms with Crippen LogP contribution < -0.4 is 5.56 Å². The van der Waals surface area contributed by atoms with Crippen LogP contribution in [0.5, 0.6) is 0 Å². The standard InChI is InChI=1S/C16H9ClN2OS/c17-12-6-8-13(9-7-12)19-16(20)15(14(10-18)21-19)11-4-2-1-3-5-11/h1-9H. The van der Waals surface area contributed by atoms with Gasteiger partial charge in [0.25, 0.3) is 5.56 Å². The fourth-order valence-corrected chi connectivity index (χ4v) is 3.11. The van der Waals surface area contributed by atoms with Crippen LogP contribution in [0.3, 0.4) is 0 Å². The lowest BCUT2D eigenvalue weighted by Crippen LogP contribution is -2.12. The van der Waals surface area contributed by atoms with Crippen molar-refractivity contribution in [3.05, 3.63) is 74.9 Å². The largest absolute Gasteiger partial charge is 0.274 e. The molecule has 21 heavy (non-hydrogen) atoms. The summed E-state index contributed by atoms with van der Waals surface area (Å²) in [4.78, 5) is 13.0. The van der Waals surface area contributed by atoms with Crippen LogP contribution in [0.15, 0.2) is 59.4 Å². The van der Waals surface area contributed by atoms with E-state index >= 15 is 0 Å². The van der Waals surface area contributed by atoms with Crippen LogP contribution in [-0.4, -0.2) is 3.96 Å². The monoisotopic (exact) mass is 312 g/mol. The molecule has 0 bridgehead atoms. The van der Waals surface area contributed by atoms with Gasteiger partial charge in [-0.25, -0.2) is 3.96 Å². The maximum Gasteiger partial charge on any atom is 0.274 e. The van der Waals surface area contributed by atoms with Gasteiger partial charge in [-0.1, -0.05) is 41.9 Å². The summed E-state index contributed by atoms with van der Waals surface area (Å²) in [7, 11) is 0. The molecule has 102 valence electrons. The molecule has 2 aromatic carbocycles. The Morgan fingerprint density at radius 3 is 2.33 bits per heavy atom. The molecule has 0 N–H and O–H groups in total. The molecule has 3 nitrogen and oxygen atoms in total. The third kappa shape index (κ3) is 2.49. The van der Waals surface area contributed by atoms with Crippen molar-refractivity contribution in [2.24, 2.45) is 0 Å². The summed E-state index contributed by atoms with van der Waals surface area (Å²) < 4.78 is 1.51. The Hall–Kier alpha value is -2.35. The van der Waals surface area contributed by atoms with Crippen molar-refractivity contribution in [1.82, 2.24) is 3.96 Å². The van der Waals surface area contributed by atoms with Gasteiger partial charge >= 0.3 is 0 Å². The molecule has 0 aliphatic carbocycles. The number of hydrogen-bond acceptors (Lipinski definition) is 3. The summed E-state index contributed by atoms with van der Waals surface area (Å²) in [6.07, 6.45) is 0. The number of hydrogen-bond donors (Lipinski definition) is 0. The SMILES string of the molecule is N#Cc1sn(-c2ccc(Cl)cc2)c(=O)c1-c1ccccc1. The zero-order chi connectivity index (χ0) is 14.8. The molecule has 0 amide bonds. The van der Waals surface area contributed by atoms with Gasteiger partial charge in [0.2, 0.25) is 0 Å². The fraction of sp³-hybridized carbons (Fsp3) is 0. The second kappa shape index (κ2) is 5.57. The highest BCUT2D eigenvalue weighted by Gasteiger charge is 2.17. The maximum absolute atomic E-state index is 12.6. The minimum atomic E-state index is -0.190. The molecule has 1 heterocycles. The summed E-state index contributed by atoms with van der Waals surface area (Å²) in [6, 6.07) is 18.3. The second-order valence-electron chi connectivity index (χ2n) is 4.35. The molecular formula is C16H9ClN2OS. The molecule has 0 radical (unpaired) electrons. The number of nitrogens with zero attached hydrogens (tertiary/aromatic N) is 2. The van der Waals surface area contributed by atoms with Gasteiger partial charge in [0.15, 0.2) is 0 Å². The van der Waals surface area contributed by atoms with Crippen molar-refractivity contribution in [2.75, 3.05) is 0 Å². The highest BCUT2D eigenvalue weighted by Crippen LogP contribution is 2.25. The first-order valence-corrected chi connectivity index (χ1v) is 7.33. The van der Waals surface area contributed by atoms with Crippen molar-refractivity contribution in [1.29, 1.82) is 5.26 Å². The smallest absolute Gasteiger partial charge is 0.267 e. The van der Waals surface area contributed by atoms with Crippen LogP contribution in [0, 0.1) is 11.3 Å². The van der Waals surface area contributed by atoms with Gasteiger partial charge in [0.1, 0.15) is 10.9 Å². The third-order valence-electron chi connectivity index (χ3n) is 3.03. The fourth-order valence-electron chi connectivity index (χ4n) is 2.06. The van der Waals surface area contributed by atoms with Crippen molar-refractivity contribution >= 4 is 23.1 Å². The van der Waals surface area contributed by atoms with Crippen molar-refractivity contribution < 1.29 is 0 Å². The maximum atomic E-state index is 12.6. The second-order valence-corrected chi connectivity index (χ2v) is 5.74. The van der Waals surface area contributed by atoms with E-state index in [0.29, 0.717) is 21.2 Å². The van der Waals surface area contributed by atoms with Gasteiger partial charge in [-0.2, -0.15) is 5.26 Å². The van der Waals surface area contributed by atoms with Crippen molar-refractivity contribution in [3.8, 4) is 22.9 Å². The zero-order valence-corrected chi connectivity index (χ0v) is 12.4. The molecule has 0 fully saturated rings. The topological polar surface area (TPSA) is 45.8 Å². The van der Waals surface area contributed by atoms with E-state index in [0.717, 1.165) is 17.1 Å². The number of rotatable bonds is 2. The Labute approximate surface area is 130 Å². The molecule has 0 saturated carbocycles. The molecule has 0 spiro atoms. The third-order valence-corrected chi connectivity index (χ3v) is 4.32. The van der Waals surface area contributed by atoms with E-state index in [-0.39, 0.29) is 5.56 Å². The van der Waals surface area contributed by atoms with Gasteiger partial charge in [-0.15, -0.1) is 0 Å². The van der Waals surface area contributed by atoms with Gasteiger partial charge in [-0.3, -0.25) is 4.79 Å². The normalized spacial score (nSPS) is 10.3. The lowest BCUT2D eigenvalue weighted by atomic mass is 10.1. The number of benzene rings is 2. The van der Waals surface area contributed by atoms with E-state index in [9.17, 15) is 10.1 Å². The van der Waals surface area contributed by atoms with E-state index in [4.69, 9.17) is 11.6 Å². The summed E-state index contributed by atoms with van der Waals surface area (Å²) in [5.41, 5.74) is 1.71. The molecule has 1 aromatic heterocycles. The predicted octanol–water partition coefficient (Wildman–Crippen LogP) is 4.09. The first-order valence-electron chi connectivity index (χ1n) is 6.18. The van der Waals surface area contributed by atoms with Crippen LogP contribution >= 0.6 is 23.1 Å². The first-order chi connectivity index (χ1) is 10.2. The first kappa shape index (κ1) is 13.6. The molecule has 0 saturated heterocycles. The predicted molar refractivity (Wildman–Crippen MR) is 85.1 cm³/mol. The highest BCUT2D eigenvalue weighted by atomic mass is 35.5. The molecule has 5 heteroatoms. The van der Waals surface area contributed by atoms with Crippen molar-refractivity contribution in [2.45, 2.75) is 0 Å². The molecule has 0 aliphatic rings. The van der Waals surface area contributed by atoms with E-state index < -0.39 is 0 Å². The minimum Gasteiger partial charge on any atom is -0.267 e. The van der Waals surface area contributed by atoms with Crippen molar-refractivity contribution in [3.63, 3.8) is 0 Å². The Morgan fingerprint density at radius 1 is 1.05 bits per heavy atom. The molecule has 0 aliphatic heterocycles. The lowest BCUT2D eigenvalue weighted by molar-refractivity contribution is 1.13. The van der Waals surface area contributed by atoms with Crippen LogP contribution in [0.25, 0.3) is 16.8 Å². The highest BCUT2D eigenvalue weighted by molar-refractivity contribution is 7.07. The van der Waals surface area contributed by atoms with Gasteiger partial charge < -0.3 is 0 Å². The average Bonchev–Trinajstić information content (AvgIpc) is 2.86. The van der Waals surface area contributed by atoms with Crippen LogP contribution in [0.2, 0.25) is 5.02 Å². The van der Waals surface area contributed by atoms with E-state index in [1.54, 1.807) is 24.3 Å². The summed E-state index contributed by atoms with van der Waals surface area (Å²) >= 11 is 7.00. The summed E-state index contributed by atoms with van der Waals surface area (Å²) in [5.74, 6) is 0. The number of aromatic nitrogens is 1. The molecule has 0 atom stereocenters. The van der Waals surface area contributed by atoms with Crippen LogP contribution in [-0.2, 0) is 0 Å². The van der Waals surface area contributed by atoms with Gasteiger partial charge in [-0.05, 0) is 41.4 Å². The number of halogens is 1. The van der Waals surface area contributed by atoms with E-state index in [1.165, 1.54) is 3.96 Å². The Kier molecular flexibility index (Phi) is 3.61. The Morgan fingerprint density at radius 2 is 1.71 bits per heavy atom. The lowest BCUT2D eigenvalue weighted by Gasteiger charge is -1.99. The minimum absolute atomic E-state index is 0.190. The van der Waals surface area contributed by atoms with Crippen LogP contribution in [0.1, 0.15) is 4.88 Å². The quantitative estimate of drug-likeness (QED) is 0.715. The van der Waals surface area contributed by atoms with Crippen LogP contribution in [0.4, 0.5) is 0 Å². The van der Waals surface area contributed by atoms with Gasteiger partial charge in [0.05, 0.1) is 11.3 Å². The van der Waals surface area contributed by atoms with E-state index in [1.807, 2.05) is 30.3 Å². The molecular weight excluding hydrogens is 304 g/mol. The molecule has 0 unspecified atom stereocenters. The Bertz CT molecular complexity index is 873. The molecule has 3 aromatic rings. The van der Waals surface area contributed by atoms with E-state index in [2.05, 4.69) is 6.07 Å². The summed E-state index contributed by atoms with van der Waals surface area (Å²) in [5, 5.41) is 9.90. The zero-order valence-electron chi connectivity index (χ0n) is 10.8. The summed E-state index contributed by atoms with van der Waals surface area (Å²) in [6.45, 7) is 0. The number of nitriles is 1. The van der Waals surface area contributed by atoms with Gasteiger partial charge in [0, 0.05) is 5.02 Å².